The first-order valence-electron chi connectivity index (χ1n) is 18.4. The lowest BCUT2D eigenvalue weighted by atomic mass is 9.80. The Hall–Kier alpha value is -6.27. The molecule has 10 nitrogen and oxygen atoms in total. The van der Waals surface area contributed by atoms with Gasteiger partial charge in [-0.3, -0.25) is 14.5 Å². The fraction of sp³-hybridized carbons (Fsp3) is 0.133. The maximum atomic E-state index is 14.4. The van der Waals surface area contributed by atoms with Crippen molar-refractivity contribution in [3.63, 3.8) is 0 Å². The molecule has 0 saturated carbocycles. The number of nitrogens with zero attached hydrogens (tertiary/aromatic N) is 3. The Morgan fingerprint density at radius 1 is 0.793 bits per heavy atom. The van der Waals surface area contributed by atoms with Crippen LogP contribution in [0, 0.1) is 0 Å². The number of rotatable bonds is 12. The summed E-state index contributed by atoms with van der Waals surface area (Å²) in [6.45, 7) is 0. The molecular weight excluding hydrogens is 793 g/mol. The van der Waals surface area contributed by atoms with Crippen molar-refractivity contribution in [3.05, 3.63) is 200 Å². The van der Waals surface area contributed by atoms with Crippen LogP contribution in [-0.4, -0.2) is 45.5 Å². The van der Waals surface area contributed by atoms with Gasteiger partial charge in [-0.25, -0.2) is 9.78 Å². The maximum absolute atomic E-state index is 14.4. The summed E-state index contributed by atoms with van der Waals surface area (Å²) in [5.41, 5.74) is 8.04. The maximum Gasteiger partial charge on any atom is 0.357 e. The van der Waals surface area contributed by atoms with Crippen LogP contribution in [0.15, 0.2) is 168 Å². The summed E-state index contributed by atoms with van der Waals surface area (Å²) in [5, 5.41) is 7.66. The number of aromatic nitrogens is 1. The van der Waals surface area contributed by atoms with E-state index >= 15 is 0 Å². The van der Waals surface area contributed by atoms with E-state index < -0.39 is 41.6 Å². The van der Waals surface area contributed by atoms with E-state index in [9.17, 15) is 14.4 Å². The number of amides is 2. The molecule has 0 spiro atoms. The number of nitrogen functional groups attached to an aromatic ring is 1. The summed E-state index contributed by atoms with van der Waals surface area (Å²) >= 11 is 14.3. The van der Waals surface area contributed by atoms with Crippen LogP contribution in [0.4, 0.5) is 5.13 Å². The van der Waals surface area contributed by atoms with Crippen LogP contribution in [0.25, 0.3) is 0 Å². The van der Waals surface area contributed by atoms with Crippen molar-refractivity contribution in [2.75, 3.05) is 5.73 Å². The Bertz CT molecular complexity index is 2370. The van der Waals surface area contributed by atoms with E-state index in [1.807, 2.05) is 152 Å². The molecule has 1 aromatic heterocycles. The minimum atomic E-state index is -1.34. The van der Waals surface area contributed by atoms with Gasteiger partial charge in [-0.15, -0.1) is 0 Å². The summed E-state index contributed by atoms with van der Waals surface area (Å²) < 4.78 is 6.20. The number of β-lactam (4-membered cyclic amide) rings is 1. The summed E-state index contributed by atoms with van der Waals surface area (Å²) in [5.74, 6) is -2.09. The molecule has 2 aliphatic heterocycles. The Kier molecular flexibility index (Phi) is 11.1. The number of thiazole rings is 1. The largest absolute Gasteiger partial charge is 0.448 e. The molecule has 58 heavy (non-hydrogen) atoms. The van der Waals surface area contributed by atoms with Gasteiger partial charge in [-0.2, -0.15) is 0 Å². The van der Waals surface area contributed by atoms with E-state index in [0.29, 0.717) is 6.42 Å². The highest BCUT2D eigenvalue weighted by atomic mass is 35.5. The van der Waals surface area contributed by atoms with Gasteiger partial charge in [0.1, 0.15) is 21.8 Å². The number of hydrogen-bond donors (Lipinski definition) is 2. The summed E-state index contributed by atoms with van der Waals surface area (Å²) in [6.07, 6.45) is -0.108. The zero-order valence-corrected chi connectivity index (χ0v) is 33.0. The van der Waals surface area contributed by atoms with E-state index in [-0.39, 0.29) is 38.0 Å². The second-order valence-corrected chi connectivity index (χ2v) is 15.7. The molecule has 1 fully saturated rings. The molecule has 1 saturated heterocycles. The number of fused-ring (bicyclic) bond motifs is 1. The lowest BCUT2D eigenvalue weighted by Crippen LogP contribution is -2.72. The monoisotopic (exact) mass is 827 g/mol. The average Bonchev–Trinajstić information content (AvgIpc) is 3.61. The van der Waals surface area contributed by atoms with Crippen LogP contribution >= 0.6 is 34.5 Å². The molecule has 290 valence electrons. The SMILES string of the molecule is Nc1nc(/C(=N/OC(c2ccccc2)(c2ccccc2)c2ccccc2)C(=O)N[C@H]2C(=O)N3C(C(=O)OC(c4ccccc4)c4ccccc4)=C(Cl)CCC23)c(Cl)s1. The van der Waals surface area contributed by atoms with Crippen molar-refractivity contribution in [2.24, 2.45) is 5.16 Å². The zero-order chi connectivity index (χ0) is 40.2. The molecular formula is C45H35Cl2N5O5S. The highest BCUT2D eigenvalue weighted by Crippen LogP contribution is 2.42. The molecule has 13 heteroatoms. The number of esters is 1. The predicted octanol–water partition coefficient (Wildman–Crippen LogP) is 8.36. The summed E-state index contributed by atoms with van der Waals surface area (Å²) in [7, 11) is 0. The number of hydrogen-bond acceptors (Lipinski definition) is 9. The Morgan fingerprint density at radius 2 is 1.28 bits per heavy atom. The molecule has 0 aliphatic carbocycles. The molecule has 5 aromatic carbocycles. The number of nitrogens with one attached hydrogen (secondary N) is 1. The van der Waals surface area contributed by atoms with Gasteiger partial charge in [0, 0.05) is 21.7 Å². The van der Waals surface area contributed by atoms with Crippen LogP contribution in [0.1, 0.15) is 52.5 Å². The third-order valence-electron chi connectivity index (χ3n) is 10.1. The van der Waals surface area contributed by atoms with Crippen molar-refractivity contribution in [1.82, 2.24) is 15.2 Å². The number of carbonyl (C=O) groups excluding carboxylic acids is 3. The van der Waals surface area contributed by atoms with Crippen molar-refractivity contribution >= 4 is 63.2 Å². The quantitative estimate of drug-likeness (QED) is 0.0416. The molecule has 2 atom stereocenters. The van der Waals surface area contributed by atoms with Gasteiger partial charge in [0.15, 0.2) is 16.9 Å². The van der Waals surface area contributed by atoms with Gasteiger partial charge >= 0.3 is 5.97 Å². The van der Waals surface area contributed by atoms with Gasteiger partial charge < -0.3 is 20.6 Å². The third-order valence-corrected chi connectivity index (χ3v) is 11.6. The highest BCUT2D eigenvalue weighted by Gasteiger charge is 2.54. The third kappa shape index (κ3) is 7.35. The molecule has 3 N–H and O–H groups in total. The number of benzene rings is 5. The number of ether oxygens (including phenoxy) is 1. The van der Waals surface area contributed by atoms with Gasteiger partial charge in [-0.05, 0) is 24.0 Å². The Labute approximate surface area is 348 Å². The molecule has 8 rings (SSSR count). The topological polar surface area (TPSA) is 136 Å². The highest BCUT2D eigenvalue weighted by molar-refractivity contribution is 7.19. The lowest BCUT2D eigenvalue weighted by Gasteiger charge is -2.49. The predicted molar refractivity (Wildman–Crippen MR) is 224 cm³/mol. The lowest BCUT2D eigenvalue weighted by molar-refractivity contribution is -0.158. The van der Waals surface area contributed by atoms with E-state index in [0.717, 1.165) is 39.2 Å². The minimum Gasteiger partial charge on any atom is -0.448 e. The van der Waals surface area contributed by atoms with Gasteiger partial charge in [0.2, 0.25) is 5.60 Å². The first-order valence-corrected chi connectivity index (χ1v) is 20.0. The number of anilines is 1. The van der Waals surface area contributed by atoms with Crippen molar-refractivity contribution in [1.29, 1.82) is 0 Å². The van der Waals surface area contributed by atoms with Crippen molar-refractivity contribution in [2.45, 2.75) is 36.6 Å². The normalized spacial score (nSPS) is 16.7. The number of carbonyl (C=O) groups is 3. The molecule has 1 unspecified atom stereocenters. The van der Waals surface area contributed by atoms with Gasteiger partial charge in [0.25, 0.3) is 11.8 Å². The van der Waals surface area contributed by atoms with Crippen LogP contribution in [0.5, 0.6) is 0 Å². The van der Waals surface area contributed by atoms with Crippen molar-refractivity contribution < 1.29 is 24.0 Å². The van der Waals surface area contributed by atoms with E-state index in [1.54, 1.807) is 0 Å². The van der Waals surface area contributed by atoms with E-state index in [4.69, 9.17) is 38.5 Å². The molecule has 3 heterocycles. The first-order chi connectivity index (χ1) is 28.3. The standard InChI is InChI=1S/C45H35Cl2N5O5S/c46-33-26-27-34-35(42(54)52(34)38(33)43(55)56-39(28-16-6-1-7-17-28)29-18-8-2-9-19-29)49-41(53)37(36-40(47)58-44(48)50-36)51-57-45(30-20-10-3-11-21-30,31-22-12-4-13-23-31)32-24-14-5-15-25-32/h1-25,34-35,39H,26-27H2,(H2,48,50)(H,49,53)/b51-37-/t34?,35-/m1/s1. The molecule has 0 radical (unpaired) electrons. The number of allylic oxidation sites excluding steroid dienone is 1. The van der Waals surface area contributed by atoms with Crippen molar-refractivity contribution in [3.8, 4) is 0 Å². The fourth-order valence-electron chi connectivity index (χ4n) is 7.41. The average molecular weight is 829 g/mol. The summed E-state index contributed by atoms with van der Waals surface area (Å²) in [4.78, 5) is 54.7. The van der Waals surface area contributed by atoms with E-state index in [1.165, 1.54) is 4.90 Å². The number of halogens is 2. The Morgan fingerprint density at radius 3 is 1.74 bits per heavy atom. The summed E-state index contributed by atoms with van der Waals surface area (Å²) in [6, 6.07) is 45.5. The van der Waals surface area contributed by atoms with Crippen LogP contribution in [0.2, 0.25) is 4.34 Å². The number of oxime groups is 1. The Balaban J connectivity index is 1.11. The molecule has 6 aromatic rings. The van der Waals surface area contributed by atoms with Crippen LogP contribution < -0.4 is 11.1 Å². The number of nitrogens with two attached hydrogens (primary N) is 1. The van der Waals surface area contributed by atoms with E-state index in [2.05, 4.69) is 15.5 Å². The first kappa shape index (κ1) is 38.6. The van der Waals surface area contributed by atoms with Gasteiger partial charge in [0.05, 0.1) is 6.04 Å². The van der Waals surface area contributed by atoms with Gasteiger partial charge in [-0.1, -0.05) is 191 Å². The van der Waals surface area contributed by atoms with Crippen LogP contribution in [0.3, 0.4) is 0 Å². The second-order valence-electron chi connectivity index (χ2n) is 13.6. The molecule has 2 aliphatic rings. The molecule has 0 bridgehead atoms. The zero-order valence-electron chi connectivity index (χ0n) is 30.7. The smallest absolute Gasteiger partial charge is 0.357 e. The molecule has 2 amide bonds. The minimum absolute atomic E-state index is 0.0166. The fourth-order valence-corrected chi connectivity index (χ4v) is 8.62. The second kappa shape index (κ2) is 16.7. The van der Waals surface area contributed by atoms with Crippen LogP contribution in [-0.2, 0) is 29.6 Å².